The molecule has 1 rings (SSSR count). The fourth-order valence-corrected chi connectivity index (χ4v) is 2.32. The van der Waals surface area contributed by atoms with Crippen LogP contribution in [0.25, 0.3) is 0 Å². The van der Waals surface area contributed by atoms with Crippen molar-refractivity contribution in [3.05, 3.63) is 0 Å². The van der Waals surface area contributed by atoms with Crippen molar-refractivity contribution in [2.75, 3.05) is 20.2 Å². The molecule has 1 heterocycles. The Labute approximate surface area is 110 Å². The number of amides is 1. The third kappa shape index (κ3) is 3.24. The molecule has 18 heavy (non-hydrogen) atoms. The van der Waals surface area contributed by atoms with Gasteiger partial charge in [-0.1, -0.05) is 20.8 Å². The van der Waals surface area contributed by atoms with E-state index in [1.54, 1.807) is 4.90 Å². The van der Waals surface area contributed by atoms with Crippen LogP contribution in [0.4, 0.5) is 0 Å². The molecule has 0 radical (unpaired) electrons. The van der Waals surface area contributed by atoms with Crippen molar-refractivity contribution in [3.63, 3.8) is 0 Å². The number of carbonyl (C=O) groups excluding carboxylic acids is 2. The first kappa shape index (κ1) is 15.0. The van der Waals surface area contributed by atoms with Crippen LogP contribution in [0, 0.1) is 16.7 Å². The first-order valence-corrected chi connectivity index (χ1v) is 6.44. The van der Waals surface area contributed by atoms with Gasteiger partial charge in [0.2, 0.25) is 5.91 Å². The summed E-state index contributed by atoms with van der Waals surface area (Å²) < 4.78 is 4.78. The zero-order chi connectivity index (χ0) is 14.1. The summed E-state index contributed by atoms with van der Waals surface area (Å²) in [6.45, 7) is 11.3. The maximum atomic E-state index is 12.0. The molecule has 1 saturated heterocycles. The number of ether oxygens (including phenoxy) is 1. The highest BCUT2D eigenvalue weighted by molar-refractivity contribution is 5.81. The van der Waals surface area contributed by atoms with Crippen LogP contribution in [0.3, 0.4) is 0 Å². The Morgan fingerprint density at radius 2 is 1.89 bits per heavy atom. The number of hydrogen-bond donors (Lipinski definition) is 0. The second-order valence-corrected chi connectivity index (χ2v) is 6.92. The fraction of sp³-hybridized carbons (Fsp3) is 0.857. The number of carbonyl (C=O) groups is 2. The van der Waals surface area contributed by atoms with E-state index in [2.05, 4.69) is 20.8 Å². The quantitative estimate of drug-likeness (QED) is 0.725. The van der Waals surface area contributed by atoms with Crippen LogP contribution < -0.4 is 0 Å². The lowest BCUT2D eigenvalue weighted by molar-refractivity contribution is -0.152. The lowest BCUT2D eigenvalue weighted by atomic mass is 9.80. The zero-order valence-electron chi connectivity index (χ0n) is 12.4. The summed E-state index contributed by atoms with van der Waals surface area (Å²) in [5.74, 6) is 0.236. The minimum atomic E-state index is -0.642. The molecule has 1 aliphatic heterocycles. The molecule has 1 atom stereocenters. The van der Waals surface area contributed by atoms with Gasteiger partial charge in [-0.3, -0.25) is 9.59 Å². The van der Waals surface area contributed by atoms with Gasteiger partial charge in [0.15, 0.2) is 0 Å². The standard InChI is InChI=1S/C14H25NO3/c1-13(2,3)10-7-11(16)15(8-10)9-14(4,5)12(17)18-6/h10H,7-9H2,1-6H3. The summed E-state index contributed by atoms with van der Waals surface area (Å²) in [6, 6.07) is 0. The average Bonchev–Trinajstić information content (AvgIpc) is 2.58. The number of methoxy groups -OCH3 is 1. The van der Waals surface area contributed by atoms with E-state index in [1.165, 1.54) is 7.11 Å². The van der Waals surface area contributed by atoms with Crippen molar-refractivity contribution in [2.24, 2.45) is 16.7 Å². The summed E-state index contributed by atoms with van der Waals surface area (Å²) >= 11 is 0. The maximum Gasteiger partial charge on any atom is 0.313 e. The van der Waals surface area contributed by atoms with Crippen LogP contribution in [0.5, 0.6) is 0 Å². The third-order valence-corrected chi connectivity index (χ3v) is 3.76. The molecule has 104 valence electrons. The van der Waals surface area contributed by atoms with Gasteiger partial charge < -0.3 is 9.64 Å². The molecule has 0 aliphatic carbocycles. The van der Waals surface area contributed by atoms with Crippen LogP contribution >= 0.6 is 0 Å². The minimum absolute atomic E-state index is 0.125. The highest BCUT2D eigenvalue weighted by Crippen LogP contribution is 2.35. The largest absolute Gasteiger partial charge is 0.469 e. The Balaban J connectivity index is 2.70. The summed E-state index contributed by atoms with van der Waals surface area (Å²) in [6.07, 6.45) is 0.584. The Bertz CT molecular complexity index is 341. The first-order valence-electron chi connectivity index (χ1n) is 6.44. The van der Waals surface area contributed by atoms with E-state index in [1.807, 2.05) is 13.8 Å². The fourth-order valence-electron chi connectivity index (χ4n) is 2.32. The minimum Gasteiger partial charge on any atom is -0.469 e. The van der Waals surface area contributed by atoms with Gasteiger partial charge >= 0.3 is 5.97 Å². The van der Waals surface area contributed by atoms with Crippen molar-refractivity contribution < 1.29 is 14.3 Å². The Kier molecular flexibility index (Phi) is 4.08. The third-order valence-electron chi connectivity index (χ3n) is 3.76. The van der Waals surface area contributed by atoms with E-state index >= 15 is 0 Å². The van der Waals surface area contributed by atoms with E-state index in [0.717, 1.165) is 6.54 Å². The number of likely N-dealkylation sites (tertiary alicyclic amines) is 1. The molecule has 1 fully saturated rings. The second kappa shape index (κ2) is 4.90. The van der Waals surface area contributed by atoms with Gasteiger partial charge in [-0.15, -0.1) is 0 Å². The monoisotopic (exact) mass is 255 g/mol. The molecule has 1 unspecified atom stereocenters. The molecule has 0 spiro atoms. The normalized spacial score (nSPS) is 21.3. The van der Waals surface area contributed by atoms with Crippen molar-refractivity contribution in [1.82, 2.24) is 4.90 Å². The predicted octanol–water partition coefficient (Wildman–Crippen LogP) is 2.08. The Morgan fingerprint density at radius 1 is 1.33 bits per heavy atom. The van der Waals surface area contributed by atoms with E-state index in [-0.39, 0.29) is 17.3 Å². The maximum absolute atomic E-state index is 12.0. The summed E-state index contributed by atoms with van der Waals surface area (Å²) in [5, 5.41) is 0. The molecule has 4 heteroatoms. The topological polar surface area (TPSA) is 46.6 Å². The second-order valence-electron chi connectivity index (χ2n) is 6.92. The van der Waals surface area contributed by atoms with Crippen LogP contribution in [0.2, 0.25) is 0 Å². The van der Waals surface area contributed by atoms with Gasteiger partial charge in [0, 0.05) is 19.5 Å². The highest BCUT2D eigenvalue weighted by atomic mass is 16.5. The molecule has 0 aromatic rings. The molecule has 1 amide bonds. The van der Waals surface area contributed by atoms with Gasteiger partial charge in [-0.2, -0.15) is 0 Å². The van der Waals surface area contributed by atoms with Crippen LogP contribution in [0.15, 0.2) is 0 Å². The number of rotatable bonds is 3. The summed E-state index contributed by atoms with van der Waals surface area (Å²) in [7, 11) is 1.38. The number of nitrogens with zero attached hydrogens (tertiary/aromatic N) is 1. The lowest BCUT2D eigenvalue weighted by Crippen LogP contribution is -2.41. The van der Waals surface area contributed by atoms with Gasteiger partial charge in [0.1, 0.15) is 0 Å². The molecule has 1 aliphatic rings. The van der Waals surface area contributed by atoms with Crippen molar-refractivity contribution in [2.45, 2.75) is 41.0 Å². The van der Waals surface area contributed by atoms with E-state index in [9.17, 15) is 9.59 Å². The molecule has 0 bridgehead atoms. The van der Waals surface area contributed by atoms with Crippen LogP contribution in [-0.2, 0) is 14.3 Å². The van der Waals surface area contributed by atoms with Crippen LogP contribution in [0.1, 0.15) is 41.0 Å². The van der Waals surface area contributed by atoms with E-state index < -0.39 is 5.41 Å². The van der Waals surface area contributed by atoms with Crippen molar-refractivity contribution in [1.29, 1.82) is 0 Å². The van der Waals surface area contributed by atoms with Gasteiger partial charge in [-0.05, 0) is 25.2 Å². The molecule has 0 aromatic heterocycles. The summed E-state index contributed by atoms with van der Waals surface area (Å²) in [4.78, 5) is 25.4. The van der Waals surface area contributed by atoms with Crippen molar-refractivity contribution in [3.8, 4) is 0 Å². The number of esters is 1. The van der Waals surface area contributed by atoms with Crippen molar-refractivity contribution >= 4 is 11.9 Å². The van der Waals surface area contributed by atoms with E-state index in [0.29, 0.717) is 18.9 Å². The molecular weight excluding hydrogens is 230 g/mol. The van der Waals surface area contributed by atoms with Gasteiger partial charge in [-0.25, -0.2) is 0 Å². The van der Waals surface area contributed by atoms with Gasteiger partial charge in [0.25, 0.3) is 0 Å². The first-order chi connectivity index (χ1) is 8.08. The summed E-state index contributed by atoms with van der Waals surface area (Å²) in [5.41, 5.74) is -0.517. The predicted molar refractivity (Wildman–Crippen MR) is 69.9 cm³/mol. The zero-order valence-corrected chi connectivity index (χ0v) is 12.4. The van der Waals surface area contributed by atoms with Crippen LogP contribution in [-0.4, -0.2) is 37.0 Å². The molecular formula is C14H25NO3. The molecule has 0 aromatic carbocycles. The molecule has 0 saturated carbocycles. The smallest absolute Gasteiger partial charge is 0.313 e. The molecule has 0 N–H and O–H groups in total. The SMILES string of the molecule is COC(=O)C(C)(C)CN1CC(C(C)(C)C)CC1=O. The Morgan fingerprint density at radius 3 is 2.28 bits per heavy atom. The van der Waals surface area contributed by atoms with Gasteiger partial charge in [0.05, 0.1) is 12.5 Å². The number of hydrogen-bond acceptors (Lipinski definition) is 3. The lowest BCUT2D eigenvalue weighted by Gasteiger charge is -2.30. The average molecular weight is 255 g/mol. The molecule has 4 nitrogen and oxygen atoms in total. The van der Waals surface area contributed by atoms with E-state index in [4.69, 9.17) is 4.74 Å². The Hall–Kier alpha value is -1.06. The highest BCUT2D eigenvalue weighted by Gasteiger charge is 2.40.